The predicted molar refractivity (Wildman–Crippen MR) is 76.5 cm³/mol. The lowest BCUT2D eigenvalue weighted by Crippen LogP contribution is -2.11. The second-order valence-electron chi connectivity index (χ2n) is 3.81. The highest BCUT2D eigenvalue weighted by Crippen LogP contribution is 2.32. The first-order chi connectivity index (χ1) is 9.60. The summed E-state index contributed by atoms with van der Waals surface area (Å²) in [7, 11) is 0. The van der Waals surface area contributed by atoms with Crippen LogP contribution in [0.5, 0.6) is 0 Å². The average Bonchev–Trinajstić information content (AvgIpc) is 2.86. The van der Waals surface area contributed by atoms with Crippen LogP contribution in [0.15, 0.2) is 40.6 Å². The number of hydrogen-bond donors (Lipinski definition) is 2. The minimum atomic E-state index is -2.56. The second kappa shape index (κ2) is 6.83. The number of amides is 1. The Morgan fingerprint density at radius 1 is 1.40 bits per heavy atom. The van der Waals surface area contributed by atoms with Crippen LogP contribution in [0.3, 0.4) is 0 Å². The predicted octanol–water partition coefficient (Wildman–Crippen LogP) is 3.81. The van der Waals surface area contributed by atoms with Gasteiger partial charge in [-0.15, -0.1) is 11.3 Å². The number of carbonyl (C=O) groups excluding carboxylic acids is 1. The smallest absolute Gasteiger partial charge is 0.288 e. The largest absolute Gasteiger partial charge is 0.392 e. The highest BCUT2D eigenvalue weighted by Gasteiger charge is 2.17. The third-order valence-corrected chi connectivity index (χ3v) is 4.23. The van der Waals surface area contributed by atoms with E-state index < -0.39 is 11.7 Å². The molecule has 1 aromatic heterocycles. The molecule has 1 heterocycles. The maximum Gasteiger partial charge on any atom is 0.288 e. The number of thioether (sulfide) groups is 1. The summed E-state index contributed by atoms with van der Waals surface area (Å²) in [4.78, 5) is 12.6. The molecule has 1 aromatic carbocycles. The third kappa shape index (κ3) is 3.78. The van der Waals surface area contributed by atoms with Crippen molar-refractivity contribution in [3.05, 3.63) is 46.2 Å². The molecule has 2 rings (SSSR count). The zero-order valence-corrected chi connectivity index (χ0v) is 11.8. The molecule has 20 heavy (non-hydrogen) atoms. The quantitative estimate of drug-likeness (QED) is 0.825. The van der Waals surface area contributed by atoms with Gasteiger partial charge in [-0.25, -0.2) is 0 Å². The summed E-state index contributed by atoms with van der Waals surface area (Å²) in [6.07, 6.45) is 0. The minimum Gasteiger partial charge on any atom is -0.392 e. The van der Waals surface area contributed by atoms with Crippen molar-refractivity contribution in [2.75, 3.05) is 5.32 Å². The van der Waals surface area contributed by atoms with Crippen LogP contribution in [0.2, 0.25) is 0 Å². The summed E-state index contributed by atoms with van der Waals surface area (Å²) < 4.78 is 24.8. The number of alkyl halides is 2. The van der Waals surface area contributed by atoms with Crippen molar-refractivity contribution in [2.45, 2.75) is 17.3 Å². The second-order valence-corrected chi connectivity index (χ2v) is 5.75. The minimum absolute atomic E-state index is 0.130. The van der Waals surface area contributed by atoms with Crippen LogP contribution in [-0.4, -0.2) is 16.8 Å². The van der Waals surface area contributed by atoms with Crippen LogP contribution in [0.25, 0.3) is 0 Å². The number of hydrogen-bond acceptors (Lipinski definition) is 4. The van der Waals surface area contributed by atoms with Crippen LogP contribution in [0.4, 0.5) is 14.5 Å². The van der Waals surface area contributed by atoms with Crippen molar-refractivity contribution in [1.29, 1.82) is 0 Å². The fourth-order valence-electron chi connectivity index (χ4n) is 1.59. The van der Waals surface area contributed by atoms with Crippen molar-refractivity contribution < 1.29 is 18.7 Å². The monoisotopic (exact) mass is 315 g/mol. The van der Waals surface area contributed by atoms with Crippen LogP contribution < -0.4 is 5.32 Å². The number of aliphatic hydroxyl groups is 1. The molecule has 0 spiro atoms. The SMILES string of the molecule is O=C(Nc1cccc(CO)c1)c1sccc1SC(F)F. The fraction of sp³-hybridized carbons (Fsp3) is 0.154. The molecule has 2 aromatic rings. The number of carbonyl (C=O) groups is 1. The molecule has 0 aliphatic rings. The molecule has 0 saturated heterocycles. The van der Waals surface area contributed by atoms with Crippen molar-refractivity contribution in [3.8, 4) is 0 Å². The van der Waals surface area contributed by atoms with Crippen molar-refractivity contribution in [3.63, 3.8) is 0 Å². The standard InChI is InChI=1S/C13H11F2NO2S2/c14-13(15)20-10-4-5-19-11(10)12(18)16-9-3-1-2-8(6-9)7-17/h1-6,13,17H,7H2,(H,16,18). The Balaban J connectivity index is 2.13. The summed E-state index contributed by atoms with van der Waals surface area (Å²) in [6, 6.07) is 8.22. The number of nitrogens with one attached hydrogen (secondary N) is 1. The zero-order valence-electron chi connectivity index (χ0n) is 10.2. The van der Waals surface area contributed by atoms with E-state index in [9.17, 15) is 13.6 Å². The summed E-state index contributed by atoms with van der Waals surface area (Å²) in [6.45, 7) is -0.130. The van der Waals surface area contributed by atoms with Gasteiger partial charge >= 0.3 is 0 Å². The number of thiophene rings is 1. The molecule has 0 atom stereocenters. The molecule has 0 saturated carbocycles. The van der Waals surface area contributed by atoms with Crippen molar-refractivity contribution in [1.82, 2.24) is 0 Å². The Labute approximate surface area is 122 Å². The third-order valence-electron chi connectivity index (χ3n) is 2.42. The van der Waals surface area contributed by atoms with Gasteiger partial charge in [-0.1, -0.05) is 23.9 Å². The summed E-state index contributed by atoms with van der Waals surface area (Å²) >= 11 is 1.47. The highest BCUT2D eigenvalue weighted by atomic mass is 32.2. The lowest BCUT2D eigenvalue weighted by atomic mass is 10.2. The molecule has 7 heteroatoms. The average molecular weight is 315 g/mol. The van der Waals surface area contributed by atoms with Gasteiger partial charge in [0.1, 0.15) is 4.88 Å². The van der Waals surface area contributed by atoms with E-state index in [0.717, 1.165) is 11.3 Å². The van der Waals surface area contributed by atoms with E-state index in [0.29, 0.717) is 23.0 Å². The Morgan fingerprint density at radius 3 is 2.90 bits per heavy atom. The number of rotatable bonds is 5. The molecule has 0 aliphatic carbocycles. The first-order valence-corrected chi connectivity index (χ1v) is 7.39. The van der Waals surface area contributed by atoms with Gasteiger partial charge in [0.05, 0.1) is 6.61 Å². The van der Waals surface area contributed by atoms with E-state index in [1.54, 1.807) is 29.6 Å². The van der Waals surface area contributed by atoms with Gasteiger partial charge in [-0.3, -0.25) is 4.79 Å². The molecule has 0 unspecified atom stereocenters. The molecule has 106 valence electrons. The number of halogens is 2. The van der Waals surface area contributed by atoms with Crippen molar-refractivity contribution >= 4 is 34.7 Å². The van der Waals surface area contributed by atoms with E-state index in [2.05, 4.69) is 5.32 Å². The van der Waals surface area contributed by atoms with E-state index in [-0.39, 0.29) is 16.4 Å². The number of benzene rings is 1. The molecule has 0 bridgehead atoms. The zero-order chi connectivity index (χ0) is 14.5. The summed E-state index contributed by atoms with van der Waals surface area (Å²) in [5.41, 5.74) is 1.18. The molecule has 0 aliphatic heterocycles. The van der Waals surface area contributed by atoms with Crippen LogP contribution in [-0.2, 0) is 6.61 Å². The maximum atomic E-state index is 12.4. The number of anilines is 1. The molecule has 0 radical (unpaired) electrons. The lowest BCUT2D eigenvalue weighted by molar-refractivity contribution is 0.102. The fourth-order valence-corrected chi connectivity index (χ4v) is 3.18. The number of aliphatic hydroxyl groups excluding tert-OH is 1. The van der Waals surface area contributed by atoms with Gasteiger partial charge in [-0.05, 0) is 29.1 Å². The molecular formula is C13H11F2NO2S2. The molecule has 2 N–H and O–H groups in total. The van der Waals surface area contributed by atoms with Gasteiger partial charge in [0.25, 0.3) is 11.7 Å². The molecule has 1 amide bonds. The van der Waals surface area contributed by atoms with E-state index in [4.69, 9.17) is 5.11 Å². The Bertz CT molecular complexity index is 602. The van der Waals surface area contributed by atoms with Gasteiger partial charge in [0, 0.05) is 10.6 Å². The van der Waals surface area contributed by atoms with Gasteiger partial charge in [0.2, 0.25) is 0 Å². The Morgan fingerprint density at radius 2 is 2.20 bits per heavy atom. The van der Waals surface area contributed by atoms with E-state index in [1.807, 2.05) is 0 Å². The first-order valence-electron chi connectivity index (χ1n) is 5.63. The summed E-state index contributed by atoms with van der Waals surface area (Å²) in [5.74, 6) is -2.99. The van der Waals surface area contributed by atoms with Crippen LogP contribution >= 0.6 is 23.1 Å². The van der Waals surface area contributed by atoms with Crippen LogP contribution in [0.1, 0.15) is 15.2 Å². The van der Waals surface area contributed by atoms with Crippen LogP contribution in [0, 0.1) is 0 Å². The molecule has 3 nitrogen and oxygen atoms in total. The van der Waals surface area contributed by atoms with Gasteiger partial charge in [0.15, 0.2) is 0 Å². The van der Waals surface area contributed by atoms with E-state index in [1.165, 1.54) is 6.07 Å². The molecular weight excluding hydrogens is 304 g/mol. The van der Waals surface area contributed by atoms with Crippen molar-refractivity contribution in [2.24, 2.45) is 0 Å². The van der Waals surface area contributed by atoms with Gasteiger partial charge in [-0.2, -0.15) is 8.78 Å². The summed E-state index contributed by atoms with van der Waals surface area (Å²) in [5, 5.41) is 13.3. The lowest BCUT2D eigenvalue weighted by Gasteiger charge is -2.07. The Hall–Kier alpha value is -1.44. The van der Waals surface area contributed by atoms with E-state index >= 15 is 0 Å². The molecule has 0 fully saturated rings. The normalized spacial score (nSPS) is 10.8. The van der Waals surface area contributed by atoms with Gasteiger partial charge < -0.3 is 10.4 Å². The highest BCUT2D eigenvalue weighted by molar-refractivity contribution is 7.99. The Kier molecular flexibility index (Phi) is 5.11. The topological polar surface area (TPSA) is 49.3 Å². The first kappa shape index (κ1) is 15.0. The maximum absolute atomic E-state index is 12.4.